The zero-order valence-electron chi connectivity index (χ0n) is 13.2. The summed E-state index contributed by atoms with van der Waals surface area (Å²) in [5.74, 6) is 1.28. The maximum Gasteiger partial charge on any atom is 0.247 e. The number of carbonyl (C=O) groups excluding carboxylic acids is 1. The van der Waals surface area contributed by atoms with Gasteiger partial charge in [-0.05, 0) is 53.5 Å². The highest BCUT2D eigenvalue weighted by Crippen LogP contribution is 2.27. The number of hydrogen-bond acceptors (Lipinski definition) is 2. The molecule has 0 heterocycles. The molecular weight excluding hydrogens is 274 g/mol. The topological polar surface area (TPSA) is 38.3 Å². The van der Waals surface area contributed by atoms with Crippen molar-refractivity contribution in [2.75, 3.05) is 5.32 Å². The SMILES string of the molecule is C=CC(=O)Nc1ccc(Oc2ccc(C(C)(C)C)cc2)cc1. The van der Waals surface area contributed by atoms with E-state index in [0.29, 0.717) is 5.69 Å². The largest absolute Gasteiger partial charge is 0.457 e. The molecule has 0 aliphatic rings. The van der Waals surface area contributed by atoms with Gasteiger partial charge in [0.25, 0.3) is 0 Å². The van der Waals surface area contributed by atoms with Gasteiger partial charge in [0.15, 0.2) is 0 Å². The van der Waals surface area contributed by atoms with Crippen LogP contribution in [0.1, 0.15) is 26.3 Å². The Hall–Kier alpha value is -2.55. The first kappa shape index (κ1) is 15.8. The Bertz CT molecular complexity index is 649. The third-order valence-corrected chi connectivity index (χ3v) is 3.26. The molecule has 0 bridgehead atoms. The summed E-state index contributed by atoms with van der Waals surface area (Å²) in [4.78, 5) is 11.2. The van der Waals surface area contributed by atoms with E-state index in [1.807, 2.05) is 24.3 Å². The van der Waals surface area contributed by atoms with Crippen molar-refractivity contribution in [3.05, 3.63) is 66.7 Å². The van der Waals surface area contributed by atoms with Gasteiger partial charge in [0.2, 0.25) is 5.91 Å². The summed E-state index contributed by atoms with van der Waals surface area (Å²) in [6.45, 7) is 9.96. The van der Waals surface area contributed by atoms with Gasteiger partial charge in [0.1, 0.15) is 11.5 Å². The number of ether oxygens (including phenoxy) is 1. The molecule has 0 spiro atoms. The highest BCUT2D eigenvalue weighted by molar-refractivity contribution is 5.98. The van der Waals surface area contributed by atoms with Crippen molar-refractivity contribution in [3.63, 3.8) is 0 Å². The molecule has 2 aromatic carbocycles. The van der Waals surface area contributed by atoms with Crippen LogP contribution in [0.2, 0.25) is 0 Å². The molecule has 0 aliphatic heterocycles. The van der Waals surface area contributed by atoms with Crippen LogP contribution in [0.4, 0.5) is 5.69 Å². The number of hydrogen-bond donors (Lipinski definition) is 1. The van der Waals surface area contributed by atoms with Gasteiger partial charge in [-0.15, -0.1) is 0 Å². The van der Waals surface area contributed by atoms with Gasteiger partial charge in [0.05, 0.1) is 0 Å². The predicted molar refractivity (Wildman–Crippen MR) is 90.5 cm³/mol. The van der Waals surface area contributed by atoms with Crippen molar-refractivity contribution >= 4 is 11.6 Å². The van der Waals surface area contributed by atoms with Crippen LogP contribution in [0, 0.1) is 0 Å². The van der Waals surface area contributed by atoms with Crippen LogP contribution in [-0.2, 0) is 10.2 Å². The highest BCUT2D eigenvalue weighted by atomic mass is 16.5. The van der Waals surface area contributed by atoms with E-state index in [2.05, 4.69) is 44.8 Å². The van der Waals surface area contributed by atoms with Crippen molar-refractivity contribution in [1.82, 2.24) is 0 Å². The molecule has 0 saturated carbocycles. The number of anilines is 1. The van der Waals surface area contributed by atoms with Crippen LogP contribution >= 0.6 is 0 Å². The standard InChI is InChI=1S/C19H21NO2/c1-5-18(21)20-15-8-12-17(13-9-15)22-16-10-6-14(7-11-16)19(2,3)4/h5-13H,1H2,2-4H3,(H,20,21). The van der Waals surface area contributed by atoms with Crippen LogP contribution < -0.4 is 10.1 Å². The molecule has 22 heavy (non-hydrogen) atoms. The van der Waals surface area contributed by atoms with Crippen molar-refractivity contribution in [3.8, 4) is 11.5 Å². The minimum absolute atomic E-state index is 0.129. The van der Waals surface area contributed by atoms with Gasteiger partial charge in [-0.1, -0.05) is 39.5 Å². The van der Waals surface area contributed by atoms with Crippen LogP contribution in [0.25, 0.3) is 0 Å². The fourth-order valence-electron chi connectivity index (χ4n) is 1.96. The molecule has 0 aliphatic carbocycles. The summed E-state index contributed by atoms with van der Waals surface area (Å²) >= 11 is 0. The number of nitrogens with one attached hydrogen (secondary N) is 1. The Morgan fingerprint density at radius 2 is 1.50 bits per heavy atom. The number of rotatable bonds is 4. The molecule has 1 N–H and O–H groups in total. The predicted octanol–water partition coefficient (Wildman–Crippen LogP) is 4.90. The van der Waals surface area contributed by atoms with E-state index in [1.165, 1.54) is 11.6 Å². The number of amides is 1. The summed E-state index contributed by atoms with van der Waals surface area (Å²) in [7, 11) is 0. The van der Waals surface area contributed by atoms with E-state index >= 15 is 0 Å². The van der Waals surface area contributed by atoms with Crippen LogP contribution in [0.5, 0.6) is 11.5 Å². The van der Waals surface area contributed by atoms with Gasteiger partial charge < -0.3 is 10.1 Å². The maximum atomic E-state index is 11.2. The summed E-state index contributed by atoms with van der Waals surface area (Å²) < 4.78 is 5.80. The fourth-order valence-corrected chi connectivity index (χ4v) is 1.96. The van der Waals surface area contributed by atoms with E-state index in [9.17, 15) is 4.79 Å². The molecule has 1 amide bonds. The third kappa shape index (κ3) is 4.22. The van der Waals surface area contributed by atoms with Gasteiger partial charge in [-0.2, -0.15) is 0 Å². The minimum atomic E-state index is -0.230. The Morgan fingerprint density at radius 1 is 1.00 bits per heavy atom. The molecule has 2 aromatic rings. The second kappa shape index (κ2) is 6.48. The van der Waals surface area contributed by atoms with E-state index in [-0.39, 0.29) is 11.3 Å². The molecule has 114 valence electrons. The molecule has 0 aromatic heterocycles. The first-order valence-electron chi connectivity index (χ1n) is 7.20. The van der Waals surface area contributed by atoms with E-state index < -0.39 is 0 Å². The van der Waals surface area contributed by atoms with Gasteiger partial charge >= 0.3 is 0 Å². The second-order valence-electron chi connectivity index (χ2n) is 6.09. The summed E-state index contributed by atoms with van der Waals surface area (Å²) in [5.41, 5.74) is 2.10. The van der Waals surface area contributed by atoms with Crippen molar-refractivity contribution in [2.24, 2.45) is 0 Å². The van der Waals surface area contributed by atoms with Crippen LogP contribution in [0.3, 0.4) is 0 Å². The molecule has 3 heteroatoms. The molecular formula is C19H21NO2. The highest BCUT2D eigenvalue weighted by Gasteiger charge is 2.13. The molecule has 3 nitrogen and oxygen atoms in total. The van der Waals surface area contributed by atoms with Gasteiger partial charge in [-0.3, -0.25) is 4.79 Å². The summed E-state index contributed by atoms with van der Waals surface area (Å²) in [5, 5.41) is 2.69. The second-order valence-corrected chi connectivity index (χ2v) is 6.09. The smallest absolute Gasteiger partial charge is 0.247 e. The molecule has 0 saturated heterocycles. The monoisotopic (exact) mass is 295 g/mol. The Kier molecular flexibility index (Phi) is 4.66. The maximum absolute atomic E-state index is 11.2. The number of benzene rings is 2. The summed E-state index contributed by atoms with van der Waals surface area (Å²) in [6, 6.07) is 15.3. The average molecular weight is 295 g/mol. The van der Waals surface area contributed by atoms with Crippen LogP contribution in [0.15, 0.2) is 61.2 Å². The van der Waals surface area contributed by atoms with Gasteiger partial charge in [0, 0.05) is 5.69 Å². The first-order chi connectivity index (χ1) is 10.4. The molecule has 0 fully saturated rings. The summed E-state index contributed by atoms with van der Waals surface area (Å²) in [6.07, 6.45) is 1.24. The van der Waals surface area contributed by atoms with E-state index in [4.69, 9.17) is 4.74 Å². The Balaban J connectivity index is 2.04. The average Bonchev–Trinajstić information content (AvgIpc) is 2.49. The Morgan fingerprint density at radius 3 is 1.95 bits per heavy atom. The minimum Gasteiger partial charge on any atom is -0.457 e. The first-order valence-corrected chi connectivity index (χ1v) is 7.20. The lowest BCUT2D eigenvalue weighted by Gasteiger charge is -2.19. The lowest BCUT2D eigenvalue weighted by atomic mass is 9.87. The lowest BCUT2D eigenvalue weighted by Crippen LogP contribution is -2.10. The van der Waals surface area contributed by atoms with Crippen molar-refractivity contribution in [1.29, 1.82) is 0 Å². The molecule has 0 unspecified atom stereocenters. The zero-order chi connectivity index (χ0) is 16.2. The van der Waals surface area contributed by atoms with E-state index in [1.54, 1.807) is 12.1 Å². The molecule has 0 radical (unpaired) electrons. The van der Waals surface area contributed by atoms with Gasteiger partial charge in [-0.25, -0.2) is 0 Å². The zero-order valence-corrected chi connectivity index (χ0v) is 13.2. The molecule has 2 rings (SSSR count). The fraction of sp³-hybridized carbons (Fsp3) is 0.211. The van der Waals surface area contributed by atoms with Crippen molar-refractivity contribution in [2.45, 2.75) is 26.2 Å². The third-order valence-electron chi connectivity index (χ3n) is 3.26. The Labute approximate surface area is 131 Å². The lowest BCUT2D eigenvalue weighted by molar-refractivity contribution is -0.111. The molecule has 0 atom stereocenters. The van der Waals surface area contributed by atoms with E-state index in [0.717, 1.165) is 11.5 Å². The quantitative estimate of drug-likeness (QED) is 0.815. The van der Waals surface area contributed by atoms with Crippen LogP contribution in [-0.4, -0.2) is 5.91 Å². The normalized spacial score (nSPS) is 10.9. The number of carbonyl (C=O) groups is 1. The van der Waals surface area contributed by atoms with Crippen molar-refractivity contribution < 1.29 is 9.53 Å².